The van der Waals surface area contributed by atoms with Gasteiger partial charge in [0.05, 0.1) is 24.1 Å². The van der Waals surface area contributed by atoms with Crippen LogP contribution in [0, 0.1) is 0 Å². The number of halogens is 1. The van der Waals surface area contributed by atoms with E-state index in [-0.39, 0.29) is 5.91 Å². The van der Waals surface area contributed by atoms with Gasteiger partial charge in [0.2, 0.25) is 5.95 Å². The zero-order chi connectivity index (χ0) is 23.4. The minimum absolute atomic E-state index is 0.237. The van der Waals surface area contributed by atoms with Crippen molar-refractivity contribution in [2.24, 2.45) is 0 Å². The van der Waals surface area contributed by atoms with E-state index in [1.165, 1.54) is 6.20 Å². The van der Waals surface area contributed by atoms with Crippen LogP contribution in [0.4, 0.5) is 28.8 Å². The predicted molar refractivity (Wildman–Crippen MR) is 131 cm³/mol. The van der Waals surface area contributed by atoms with Crippen LogP contribution in [0.2, 0.25) is 5.02 Å². The van der Waals surface area contributed by atoms with Gasteiger partial charge in [0.25, 0.3) is 5.91 Å². The Balaban J connectivity index is 1.44. The van der Waals surface area contributed by atoms with E-state index in [0.29, 0.717) is 34.1 Å². The first kappa shape index (κ1) is 22.8. The minimum atomic E-state index is -0.237. The lowest BCUT2D eigenvalue weighted by Crippen LogP contribution is -2.31. The summed E-state index contributed by atoms with van der Waals surface area (Å²) in [6, 6.07) is 7.66. The Morgan fingerprint density at radius 2 is 1.91 bits per heavy atom. The Hall–Kier alpha value is -3.43. The molecule has 10 heteroatoms. The molecule has 172 valence electrons. The average molecular weight is 467 g/mol. The van der Waals surface area contributed by atoms with Crippen LogP contribution in [0.25, 0.3) is 0 Å². The van der Waals surface area contributed by atoms with Gasteiger partial charge < -0.3 is 20.9 Å². The molecule has 3 N–H and O–H groups in total. The summed E-state index contributed by atoms with van der Waals surface area (Å²) >= 11 is 6.32. The fraction of sp³-hybridized carbons (Fsp3) is 0.304. The van der Waals surface area contributed by atoms with E-state index in [2.05, 4.69) is 49.5 Å². The second kappa shape index (κ2) is 10.0. The van der Waals surface area contributed by atoms with E-state index in [9.17, 15) is 4.79 Å². The summed E-state index contributed by atoms with van der Waals surface area (Å²) in [6.07, 6.45) is 7.45. The van der Waals surface area contributed by atoms with Crippen LogP contribution in [0.1, 0.15) is 25.8 Å². The summed E-state index contributed by atoms with van der Waals surface area (Å²) < 4.78 is 2.01. The van der Waals surface area contributed by atoms with Crippen molar-refractivity contribution in [3.8, 4) is 0 Å². The van der Waals surface area contributed by atoms with Gasteiger partial charge in [-0.25, -0.2) is 4.98 Å². The molecule has 9 nitrogen and oxygen atoms in total. The third kappa shape index (κ3) is 5.88. The average Bonchev–Trinajstić information content (AvgIpc) is 3.25. The Morgan fingerprint density at radius 1 is 1.15 bits per heavy atom. The third-order valence-electron chi connectivity index (χ3n) is 5.43. The molecule has 0 aliphatic carbocycles. The molecule has 0 spiro atoms. The Bertz CT molecular complexity index is 1150. The van der Waals surface area contributed by atoms with Crippen molar-refractivity contribution in [2.45, 2.75) is 25.8 Å². The third-order valence-corrected chi connectivity index (χ3v) is 5.71. The van der Waals surface area contributed by atoms with Crippen LogP contribution >= 0.6 is 11.6 Å². The van der Waals surface area contributed by atoms with Crippen molar-refractivity contribution < 1.29 is 4.79 Å². The molecule has 0 radical (unpaired) electrons. The van der Waals surface area contributed by atoms with Gasteiger partial charge in [-0.15, -0.1) is 0 Å². The second-order valence-corrected chi connectivity index (χ2v) is 8.61. The Labute approximate surface area is 197 Å². The maximum absolute atomic E-state index is 11.9. The molecular formula is C23H27ClN8O. The summed E-state index contributed by atoms with van der Waals surface area (Å²) in [7, 11) is 2.14. The predicted octanol–water partition coefficient (Wildman–Crippen LogP) is 4.60. The molecule has 1 aliphatic heterocycles. The van der Waals surface area contributed by atoms with Crippen LogP contribution in [0.15, 0.2) is 55.0 Å². The highest BCUT2D eigenvalue weighted by atomic mass is 35.5. The number of hydrogen-bond acceptors (Lipinski definition) is 7. The molecule has 1 aliphatic rings. The lowest BCUT2D eigenvalue weighted by Gasteiger charge is -2.28. The highest BCUT2D eigenvalue weighted by molar-refractivity contribution is 6.32. The number of hydrogen-bond donors (Lipinski definition) is 3. The molecule has 1 amide bonds. The van der Waals surface area contributed by atoms with Gasteiger partial charge in [-0.3, -0.25) is 9.48 Å². The van der Waals surface area contributed by atoms with E-state index in [4.69, 9.17) is 11.6 Å². The largest absolute Gasteiger partial charge is 0.339 e. The molecule has 1 saturated heterocycles. The number of likely N-dealkylation sites (tertiary alicyclic amines) is 1. The number of carbonyl (C=O) groups is 1. The number of anilines is 5. The molecule has 33 heavy (non-hydrogen) atoms. The van der Waals surface area contributed by atoms with Crippen LogP contribution in [-0.4, -0.2) is 50.7 Å². The smallest absolute Gasteiger partial charge is 0.250 e. The van der Waals surface area contributed by atoms with Gasteiger partial charge in [0.15, 0.2) is 5.82 Å². The number of aromatic nitrogens is 4. The van der Waals surface area contributed by atoms with E-state index in [0.717, 1.165) is 37.3 Å². The van der Waals surface area contributed by atoms with Crippen molar-refractivity contribution in [1.29, 1.82) is 0 Å². The molecule has 0 saturated carbocycles. The van der Waals surface area contributed by atoms with Gasteiger partial charge in [0.1, 0.15) is 5.02 Å². The number of nitrogens with zero attached hydrogens (tertiary/aromatic N) is 5. The van der Waals surface area contributed by atoms with Gasteiger partial charge in [-0.05, 0) is 58.1 Å². The first-order valence-electron chi connectivity index (χ1n) is 10.7. The summed E-state index contributed by atoms with van der Waals surface area (Å²) in [5.74, 6) is 0.608. The van der Waals surface area contributed by atoms with Crippen LogP contribution in [-0.2, 0) is 4.79 Å². The van der Waals surface area contributed by atoms with Gasteiger partial charge in [-0.2, -0.15) is 10.1 Å². The van der Waals surface area contributed by atoms with Crippen molar-refractivity contribution in [3.63, 3.8) is 0 Å². The Kier molecular flexibility index (Phi) is 6.90. The van der Waals surface area contributed by atoms with Crippen LogP contribution < -0.4 is 16.0 Å². The number of carbonyl (C=O) groups excluding carboxylic acids is 1. The lowest BCUT2D eigenvalue weighted by atomic mass is 10.1. The van der Waals surface area contributed by atoms with Crippen molar-refractivity contribution in [2.75, 3.05) is 36.1 Å². The van der Waals surface area contributed by atoms with Crippen molar-refractivity contribution in [1.82, 2.24) is 24.6 Å². The highest BCUT2D eigenvalue weighted by Gasteiger charge is 2.19. The fourth-order valence-electron chi connectivity index (χ4n) is 3.56. The molecule has 1 aromatic carbocycles. The molecule has 0 atom stereocenters. The maximum atomic E-state index is 11.9. The van der Waals surface area contributed by atoms with Gasteiger partial charge in [0, 0.05) is 23.1 Å². The van der Waals surface area contributed by atoms with Crippen LogP contribution in [0.3, 0.4) is 0 Å². The van der Waals surface area contributed by atoms with Gasteiger partial charge >= 0.3 is 0 Å². The van der Waals surface area contributed by atoms with Crippen LogP contribution in [0.5, 0.6) is 0 Å². The second-order valence-electron chi connectivity index (χ2n) is 8.20. The number of nitrogens with one attached hydrogen (secondary N) is 3. The highest BCUT2D eigenvalue weighted by Crippen LogP contribution is 2.27. The quantitative estimate of drug-likeness (QED) is 0.437. The number of amides is 1. The Morgan fingerprint density at radius 3 is 2.67 bits per heavy atom. The summed E-state index contributed by atoms with van der Waals surface area (Å²) in [5, 5.41) is 14.0. The van der Waals surface area contributed by atoms with E-state index in [1.807, 2.05) is 23.0 Å². The minimum Gasteiger partial charge on any atom is -0.339 e. The summed E-state index contributed by atoms with van der Waals surface area (Å²) in [6.45, 7) is 7.45. The zero-order valence-corrected chi connectivity index (χ0v) is 19.4. The van der Waals surface area contributed by atoms with E-state index >= 15 is 0 Å². The van der Waals surface area contributed by atoms with Gasteiger partial charge in [-0.1, -0.05) is 24.2 Å². The van der Waals surface area contributed by atoms with Crippen molar-refractivity contribution in [3.05, 3.63) is 60.0 Å². The number of benzene rings is 1. The zero-order valence-electron chi connectivity index (χ0n) is 18.7. The standard InChI is InChI=1S/C23H27ClN8O/c1-15(2)22(33)28-17-6-4-5-16(11-17)27-21-20(24)13-25-23(30-21)29-18-12-26-32(14-18)19-7-9-31(3)10-8-19/h4-6,11-14,19H,1,7-10H2,2-3H3,(H,28,33)(H2,25,27,29,30). The molecule has 1 fully saturated rings. The first-order chi connectivity index (χ1) is 15.9. The molecular weight excluding hydrogens is 440 g/mol. The van der Waals surface area contributed by atoms with E-state index in [1.54, 1.807) is 25.3 Å². The summed E-state index contributed by atoms with van der Waals surface area (Å²) in [4.78, 5) is 23.0. The number of rotatable bonds is 7. The van der Waals surface area contributed by atoms with E-state index < -0.39 is 0 Å². The molecule has 4 rings (SSSR count). The molecule has 2 aromatic heterocycles. The topological polar surface area (TPSA) is 100 Å². The summed E-state index contributed by atoms with van der Waals surface area (Å²) in [5.41, 5.74) is 2.60. The molecule has 0 unspecified atom stereocenters. The SMILES string of the molecule is C=C(C)C(=O)Nc1cccc(Nc2nc(Nc3cnn(C4CCN(C)CC4)c3)ncc2Cl)c1. The monoisotopic (exact) mass is 466 g/mol. The number of piperidine rings is 1. The maximum Gasteiger partial charge on any atom is 0.250 e. The molecule has 3 aromatic rings. The van der Waals surface area contributed by atoms with Crippen molar-refractivity contribution >= 4 is 46.3 Å². The lowest BCUT2D eigenvalue weighted by molar-refractivity contribution is -0.112. The normalized spacial score (nSPS) is 14.6. The fourth-order valence-corrected chi connectivity index (χ4v) is 3.69. The molecule has 0 bridgehead atoms. The molecule has 3 heterocycles. The first-order valence-corrected chi connectivity index (χ1v) is 11.1.